The first-order valence-electron chi connectivity index (χ1n) is 14.4. The molecule has 1 aliphatic carbocycles. The second kappa shape index (κ2) is 11.9. The maximum absolute atomic E-state index is 13.3. The topological polar surface area (TPSA) is 92.3 Å². The molecule has 3 aliphatic rings. The standard InChI is InChI=1S/C30H35F3N6O2/c31-30(32,33)22-5-6-26-25(13-22)29(37-18-36-26)35-15-28(40)38-27-17-39(23-2-1-10-41-11-8-23)16-21(27)12-19-3-4-20-14-34-9-7-24(19)20/h5-7,9,13-14,18-19,21,23,27H,1-4,8,10-12,15-17H2,(H,38,40)(H,35,36,37)/t19?,21-,23?,27?/m0/s1. The molecular weight excluding hydrogens is 533 g/mol. The summed E-state index contributed by atoms with van der Waals surface area (Å²) in [7, 11) is 0. The molecule has 3 aromatic rings. The Labute approximate surface area is 237 Å². The Morgan fingerprint density at radius 3 is 2.88 bits per heavy atom. The lowest BCUT2D eigenvalue weighted by molar-refractivity contribution is -0.137. The summed E-state index contributed by atoms with van der Waals surface area (Å²) in [6.07, 6.45) is 6.88. The normalized spacial score (nSPS) is 25.1. The van der Waals surface area contributed by atoms with E-state index in [1.807, 2.05) is 12.4 Å². The molecule has 41 heavy (non-hydrogen) atoms. The smallest absolute Gasteiger partial charge is 0.381 e. The van der Waals surface area contributed by atoms with Gasteiger partial charge in [-0.25, -0.2) is 9.97 Å². The van der Waals surface area contributed by atoms with Gasteiger partial charge in [0.25, 0.3) is 0 Å². The number of fused-ring (bicyclic) bond motifs is 2. The highest BCUT2D eigenvalue weighted by atomic mass is 19.4. The number of hydrogen-bond acceptors (Lipinski definition) is 7. The van der Waals surface area contributed by atoms with E-state index in [1.165, 1.54) is 23.5 Å². The summed E-state index contributed by atoms with van der Waals surface area (Å²) in [5, 5.41) is 6.44. The summed E-state index contributed by atoms with van der Waals surface area (Å²) in [4.78, 5) is 28.2. The number of benzene rings is 1. The summed E-state index contributed by atoms with van der Waals surface area (Å²) in [6, 6.07) is 5.89. The number of likely N-dealkylation sites (tertiary alicyclic amines) is 1. The number of halogens is 3. The average molecular weight is 569 g/mol. The molecule has 0 saturated carbocycles. The number of aryl methyl sites for hydroxylation is 1. The number of rotatable bonds is 7. The summed E-state index contributed by atoms with van der Waals surface area (Å²) in [5.74, 6) is 0.737. The predicted octanol–water partition coefficient (Wildman–Crippen LogP) is 4.56. The molecule has 11 heteroatoms. The number of carbonyl (C=O) groups excluding carboxylic acids is 1. The fourth-order valence-electron chi connectivity index (χ4n) is 6.79. The maximum atomic E-state index is 13.3. The van der Waals surface area contributed by atoms with Crippen LogP contribution in [0, 0.1) is 5.92 Å². The minimum absolute atomic E-state index is 0.0154. The van der Waals surface area contributed by atoms with E-state index in [2.05, 4.69) is 36.6 Å². The molecule has 0 spiro atoms. The van der Waals surface area contributed by atoms with Crippen LogP contribution in [0.2, 0.25) is 0 Å². The number of alkyl halides is 3. The maximum Gasteiger partial charge on any atom is 0.416 e. The first-order valence-corrected chi connectivity index (χ1v) is 14.4. The van der Waals surface area contributed by atoms with Crippen LogP contribution in [0.15, 0.2) is 43.0 Å². The summed E-state index contributed by atoms with van der Waals surface area (Å²) in [6.45, 7) is 3.17. The van der Waals surface area contributed by atoms with Gasteiger partial charge in [-0.1, -0.05) is 0 Å². The zero-order chi connectivity index (χ0) is 28.4. The highest BCUT2D eigenvalue weighted by Gasteiger charge is 2.39. The zero-order valence-corrected chi connectivity index (χ0v) is 22.9. The van der Waals surface area contributed by atoms with Crippen molar-refractivity contribution in [3.63, 3.8) is 0 Å². The Bertz CT molecular complexity index is 1380. The van der Waals surface area contributed by atoms with Gasteiger partial charge < -0.3 is 15.4 Å². The number of anilines is 1. The molecule has 2 saturated heterocycles. The molecule has 218 valence electrons. The van der Waals surface area contributed by atoms with Gasteiger partial charge in [-0.3, -0.25) is 14.7 Å². The SMILES string of the molecule is O=C(CNc1ncnc2ccc(C(F)(F)F)cc12)NC1CN(C2CCCOCC2)C[C@@H]1CC1CCc2cnccc21. The van der Waals surface area contributed by atoms with E-state index in [4.69, 9.17) is 4.74 Å². The van der Waals surface area contributed by atoms with Crippen LogP contribution in [-0.4, -0.2) is 70.7 Å². The van der Waals surface area contributed by atoms with Gasteiger partial charge in [-0.2, -0.15) is 13.2 Å². The number of ether oxygens (including phenoxy) is 1. The molecule has 2 aromatic heterocycles. The van der Waals surface area contributed by atoms with Crippen LogP contribution in [0.3, 0.4) is 0 Å². The molecule has 0 bridgehead atoms. The molecule has 4 atom stereocenters. The van der Waals surface area contributed by atoms with Gasteiger partial charge in [-0.05, 0) is 85.8 Å². The minimum atomic E-state index is -4.48. The van der Waals surface area contributed by atoms with Crippen LogP contribution in [-0.2, 0) is 22.1 Å². The van der Waals surface area contributed by atoms with Gasteiger partial charge >= 0.3 is 6.18 Å². The summed E-state index contributed by atoms with van der Waals surface area (Å²) < 4.78 is 45.6. The Hall–Kier alpha value is -3.31. The fraction of sp³-hybridized carbons (Fsp3) is 0.533. The first kappa shape index (κ1) is 27.8. The number of nitrogens with zero attached hydrogens (tertiary/aromatic N) is 4. The quantitative estimate of drug-likeness (QED) is 0.432. The molecule has 2 fully saturated rings. The fourth-order valence-corrected chi connectivity index (χ4v) is 6.79. The van der Waals surface area contributed by atoms with E-state index in [0.717, 1.165) is 77.0 Å². The van der Waals surface area contributed by atoms with Crippen LogP contribution < -0.4 is 10.6 Å². The average Bonchev–Trinajstić information content (AvgIpc) is 3.44. The van der Waals surface area contributed by atoms with Crippen molar-refractivity contribution in [1.82, 2.24) is 25.2 Å². The van der Waals surface area contributed by atoms with E-state index < -0.39 is 11.7 Å². The van der Waals surface area contributed by atoms with E-state index in [-0.39, 0.29) is 29.7 Å². The second-order valence-corrected chi connectivity index (χ2v) is 11.4. The molecule has 0 radical (unpaired) electrons. The number of amides is 1. The third-order valence-electron chi connectivity index (χ3n) is 8.86. The highest BCUT2D eigenvalue weighted by Crippen LogP contribution is 2.40. The number of carbonyl (C=O) groups is 1. The van der Waals surface area contributed by atoms with Gasteiger partial charge in [0, 0.05) is 56.2 Å². The third-order valence-corrected chi connectivity index (χ3v) is 8.86. The lowest BCUT2D eigenvalue weighted by atomic mass is 9.87. The van der Waals surface area contributed by atoms with Crippen molar-refractivity contribution in [2.45, 2.75) is 62.7 Å². The number of pyridine rings is 1. The molecule has 1 amide bonds. The van der Waals surface area contributed by atoms with Gasteiger partial charge in [0.1, 0.15) is 12.1 Å². The molecule has 4 heterocycles. The first-order chi connectivity index (χ1) is 19.8. The Morgan fingerprint density at radius 2 is 2.00 bits per heavy atom. The molecular formula is C30H35F3N6O2. The molecule has 2 aliphatic heterocycles. The van der Waals surface area contributed by atoms with Crippen molar-refractivity contribution in [1.29, 1.82) is 0 Å². The van der Waals surface area contributed by atoms with E-state index >= 15 is 0 Å². The zero-order valence-electron chi connectivity index (χ0n) is 22.9. The number of aromatic nitrogens is 3. The van der Waals surface area contributed by atoms with Crippen molar-refractivity contribution in [2.75, 3.05) is 38.2 Å². The van der Waals surface area contributed by atoms with Gasteiger partial charge in [0.15, 0.2) is 0 Å². The van der Waals surface area contributed by atoms with E-state index in [1.54, 1.807) is 0 Å². The summed E-state index contributed by atoms with van der Waals surface area (Å²) >= 11 is 0. The monoisotopic (exact) mass is 568 g/mol. The van der Waals surface area contributed by atoms with Crippen molar-refractivity contribution in [3.05, 3.63) is 59.7 Å². The van der Waals surface area contributed by atoms with Crippen LogP contribution >= 0.6 is 0 Å². The van der Waals surface area contributed by atoms with Gasteiger partial charge in [-0.15, -0.1) is 0 Å². The lowest BCUT2D eigenvalue weighted by Gasteiger charge is -2.26. The molecule has 8 nitrogen and oxygen atoms in total. The highest BCUT2D eigenvalue weighted by molar-refractivity contribution is 5.91. The molecule has 6 rings (SSSR count). The predicted molar refractivity (Wildman–Crippen MR) is 148 cm³/mol. The van der Waals surface area contributed by atoms with Gasteiger partial charge in [0.05, 0.1) is 17.6 Å². The third kappa shape index (κ3) is 6.30. The van der Waals surface area contributed by atoms with Crippen LogP contribution in [0.25, 0.3) is 10.9 Å². The number of hydrogen-bond donors (Lipinski definition) is 2. The molecule has 1 aromatic carbocycles. The van der Waals surface area contributed by atoms with Gasteiger partial charge in [0.2, 0.25) is 5.91 Å². The Balaban J connectivity index is 1.15. The second-order valence-electron chi connectivity index (χ2n) is 11.4. The Morgan fingerprint density at radius 1 is 1.10 bits per heavy atom. The van der Waals surface area contributed by atoms with Crippen molar-refractivity contribution in [2.24, 2.45) is 5.92 Å². The lowest BCUT2D eigenvalue weighted by Crippen LogP contribution is -2.44. The molecule has 2 N–H and O–H groups in total. The van der Waals surface area contributed by atoms with E-state index in [0.29, 0.717) is 23.4 Å². The van der Waals surface area contributed by atoms with Crippen LogP contribution in [0.5, 0.6) is 0 Å². The Kier molecular flexibility index (Phi) is 8.07. The van der Waals surface area contributed by atoms with E-state index in [9.17, 15) is 18.0 Å². The van der Waals surface area contributed by atoms with Crippen LogP contribution in [0.1, 0.15) is 54.7 Å². The number of nitrogens with one attached hydrogen (secondary N) is 2. The molecule has 3 unspecified atom stereocenters. The van der Waals surface area contributed by atoms with Crippen LogP contribution in [0.4, 0.5) is 19.0 Å². The summed E-state index contributed by atoms with van der Waals surface area (Å²) in [5.41, 5.74) is 2.29. The largest absolute Gasteiger partial charge is 0.416 e. The minimum Gasteiger partial charge on any atom is -0.381 e. The van der Waals surface area contributed by atoms with Crippen molar-refractivity contribution in [3.8, 4) is 0 Å². The van der Waals surface area contributed by atoms with Crippen molar-refractivity contribution >= 4 is 22.6 Å². The van der Waals surface area contributed by atoms with Crippen molar-refractivity contribution < 1.29 is 22.7 Å².